The van der Waals surface area contributed by atoms with Gasteiger partial charge in [-0.05, 0) is 36.2 Å². The first-order valence-electron chi connectivity index (χ1n) is 8.08. The SMILES string of the molecule is O=C(O)C[C@H](NC(=O)C1CC1c1c(F)cccc1F)c1ccc(Cl)cc1. The fourth-order valence-corrected chi connectivity index (χ4v) is 3.20. The number of carboxylic acids is 1. The van der Waals surface area contributed by atoms with E-state index in [0.29, 0.717) is 17.0 Å². The van der Waals surface area contributed by atoms with Gasteiger partial charge in [0.05, 0.1) is 12.5 Å². The Balaban J connectivity index is 1.73. The normalized spacial score (nSPS) is 19.7. The highest BCUT2D eigenvalue weighted by molar-refractivity contribution is 6.30. The van der Waals surface area contributed by atoms with Crippen molar-refractivity contribution in [1.29, 1.82) is 0 Å². The van der Waals surface area contributed by atoms with Crippen LogP contribution in [0.2, 0.25) is 5.02 Å². The maximum Gasteiger partial charge on any atom is 0.305 e. The molecule has 2 aromatic carbocycles. The summed E-state index contributed by atoms with van der Waals surface area (Å²) in [5.74, 6) is -3.95. The van der Waals surface area contributed by atoms with Crippen molar-refractivity contribution < 1.29 is 23.5 Å². The molecule has 7 heteroatoms. The first-order valence-corrected chi connectivity index (χ1v) is 8.46. The molecule has 1 amide bonds. The van der Waals surface area contributed by atoms with E-state index < -0.39 is 41.4 Å². The molecule has 0 radical (unpaired) electrons. The molecule has 0 aliphatic heterocycles. The second kappa shape index (κ2) is 7.41. The Morgan fingerprint density at radius 2 is 1.77 bits per heavy atom. The Kier molecular flexibility index (Phi) is 5.23. The van der Waals surface area contributed by atoms with Gasteiger partial charge in [-0.3, -0.25) is 9.59 Å². The molecule has 0 heterocycles. The van der Waals surface area contributed by atoms with Crippen LogP contribution in [0.25, 0.3) is 0 Å². The topological polar surface area (TPSA) is 66.4 Å². The molecule has 1 fully saturated rings. The van der Waals surface area contributed by atoms with Crippen LogP contribution >= 0.6 is 11.6 Å². The number of carbonyl (C=O) groups excluding carboxylic acids is 1. The number of amides is 1. The second-order valence-corrected chi connectivity index (χ2v) is 6.73. The Labute approximate surface area is 153 Å². The molecule has 0 aromatic heterocycles. The van der Waals surface area contributed by atoms with Gasteiger partial charge in [-0.2, -0.15) is 0 Å². The average molecular weight is 380 g/mol. The van der Waals surface area contributed by atoms with E-state index in [0.717, 1.165) is 12.1 Å². The quantitative estimate of drug-likeness (QED) is 0.795. The lowest BCUT2D eigenvalue weighted by Gasteiger charge is -2.18. The maximum atomic E-state index is 13.9. The first-order chi connectivity index (χ1) is 12.4. The van der Waals surface area contributed by atoms with Crippen molar-refractivity contribution in [3.8, 4) is 0 Å². The van der Waals surface area contributed by atoms with Gasteiger partial charge in [0.1, 0.15) is 11.6 Å². The number of hydrogen-bond donors (Lipinski definition) is 2. The highest BCUT2D eigenvalue weighted by Crippen LogP contribution is 2.49. The maximum absolute atomic E-state index is 13.9. The van der Waals surface area contributed by atoms with Crippen molar-refractivity contribution in [3.05, 3.63) is 70.2 Å². The Hall–Kier alpha value is -2.47. The minimum absolute atomic E-state index is 0.0890. The highest BCUT2D eigenvalue weighted by Gasteiger charge is 2.47. The molecule has 3 atom stereocenters. The van der Waals surface area contributed by atoms with Crippen molar-refractivity contribution in [2.45, 2.75) is 24.8 Å². The van der Waals surface area contributed by atoms with Gasteiger partial charge >= 0.3 is 5.97 Å². The molecule has 3 rings (SSSR count). The van der Waals surface area contributed by atoms with Crippen LogP contribution in [0.15, 0.2) is 42.5 Å². The summed E-state index contributed by atoms with van der Waals surface area (Å²) in [6.07, 6.45) is 0.0168. The number of benzene rings is 2. The van der Waals surface area contributed by atoms with E-state index in [2.05, 4.69) is 5.32 Å². The summed E-state index contributed by atoms with van der Waals surface area (Å²) < 4.78 is 27.7. The molecule has 1 aliphatic rings. The monoisotopic (exact) mass is 379 g/mol. The van der Waals surface area contributed by atoms with Crippen LogP contribution in [0.4, 0.5) is 8.78 Å². The predicted octanol–water partition coefficient (Wildman–Crippen LogP) is 4.05. The van der Waals surface area contributed by atoms with Crippen LogP contribution < -0.4 is 5.32 Å². The van der Waals surface area contributed by atoms with Crippen LogP contribution in [0.1, 0.15) is 35.9 Å². The molecule has 0 bridgehead atoms. The number of carbonyl (C=O) groups is 2. The molecule has 136 valence electrons. The lowest BCUT2D eigenvalue weighted by molar-refractivity contribution is -0.137. The zero-order chi connectivity index (χ0) is 18.8. The number of halogens is 3. The lowest BCUT2D eigenvalue weighted by atomic mass is 10.0. The van der Waals surface area contributed by atoms with E-state index in [1.54, 1.807) is 24.3 Å². The summed E-state index contributed by atoms with van der Waals surface area (Å²) in [6, 6.07) is 9.32. The van der Waals surface area contributed by atoms with Crippen molar-refractivity contribution in [1.82, 2.24) is 5.32 Å². The first kappa shape index (κ1) is 18.3. The number of aliphatic carboxylic acids is 1. The van der Waals surface area contributed by atoms with Gasteiger partial charge < -0.3 is 10.4 Å². The van der Waals surface area contributed by atoms with Crippen molar-refractivity contribution in [2.24, 2.45) is 5.92 Å². The Morgan fingerprint density at radius 3 is 2.35 bits per heavy atom. The fraction of sp³-hybridized carbons (Fsp3) is 0.263. The lowest BCUT2D eigenvalue weighted by Crippen LogP contribution is -2.31. The van der Waals surface area contributed by atoms with E-state index in [1.165, 1.54) is 6.07 Å². The average Bonchev–Trinajstić information content (AvgIpc) is 3.35. The molecule has 0 saturated heterocycles. The third-order valence-electron chi connectivity index (χ3n) is 4.47. The van der Waals surface area contributed by atoms with Gasteiger partial charge in [0.25, 0.3) is 0 Å². The summed E-state index contributed by atoms with van der Waals surface area (Å²) in [5, 5.41) is 12.3. The van der Waals surface area contributed by atoms with Crippen molar-refractivity contribution >= 4 is 23.5 Å². The third-order valence-corrected chi connectivity index (χ3v) is 4.72. The largest absolute Gasteiger partial charge is 0.481 e. The molecule has 2 N–H and O–H groups in total. The highest BCUT2D eigenvalue weighted by atomic mass is 35.5. The third kappa shape index (κ3) is 4.02. The summed E-state index contributed by atoms with van der Waals surface area (Å²) in [4.78, 5) is 23.6. The smallest absolute Gasteiger partial charge is 0.305 e. The fourth-order valence-electron chi connectivity index (χ4n) is 3.07. The minimum atomic E-state index is -1.07. The summed E-state index contributed by atoms with van der Waals surface area (Å²) in [5.41, 5.74) is 0.508. The van der Waals surface area contributed by atoms with Crippen molar-refractivity contribution in [3.63, 3.8) is 0 Å². The van der Waals surface area contributed by atoms with Gasteiger partial charge in [0.15, 0.2) is 0 Å². The Morgan fingerprint density at radius 1 is 1.15 bits per heavy atom. The van der Waals surface area contributed by atoms with E-state index >= 15 is 0 Å². The number of hydrogen-bond acceptors (Lipinski definition) is 2. The van der Waals surface area contributed by atoms with Gasteiger partial charge in [0, 0.05) is 22.4 Å². The van der Waals surface area contributed by atoms with Gasteiger partial charge in [-0.25, -0.2) is 8.78 Å². The Bertz CT molecular complexity index is 821. The van der Waals surface area contributed by atoms with Crippen LogP contribution in [0, 0.1) is 17.6 Å². The molecule has 4 nitrogen and oxygen atoms in total. The number of carboxylic acid groups (broad SMARTS) is 1. The molecular weight excluding hydrogens is 364 g/mol. The summed E-state index contributed by atoms with van der Waals surface area (Å²) in [7, 11) is 0. The standard InChI is InChI=1S/C19H16ClF2NO3/c20-11-6-4-10(5-7-11)16(9-17(24)25)23-19(26)13-8-12(13)18-14(21)2-1-3-15(18)22/h1-7,12-13,16H,8-9H2,(H,23,26)(H,24,25)/t12?,13?,16-/m0/s1. The molecular formula is C19H16ClF2NO3. The van der Waals surface area contributed by atoms with Crippen LogP contribution in [-0.2, 0) is 9.59 Å². The minimum Gasteiger partial charge on any atom is -0.481 e. The van der Waals surface area contributed by atoms with E-state index in [4.69, 9.17) is 16.7 Å². The number of nitrogens with one attached hydrogen (secondary N) is 1. The van der Waals surface area contributed by atoms with E-state index in [9.17, 15) is 18.4 Å². The van der Waals surface area contributed by atoms with Crippen LogP contribution in [0.3, 0.4) is 0 Å². The van der Waals surface area contributed by atoms with E-state index in [-0.39, 0.29) is 12.0 Å². The van der Waals surface area contributed by atoms with Crippen molar-refractivity contribution in [2.75, 3.05) is 0 Å². The van der Waals surface area contributed by atoms with Gasteiger partial charge in [-0.1, -0.05) is 29.8 Å². The summed E-state index contributed by atoms with van der Waals surface area (Å²) in [6.45, 7) is 0. The van der Waals surface area contributed by atoms with Gasteiger partial charge in [0.2, 0.25) is 5.91 Å². The molecule has 2 aromatic rings. The van der Waals surface area contributed by atoms with Gasteiger partial charge in [-0.15, -0.1) is 0 Å². The molecule has 0 spiro atoms. The predicted molar refractivity (Wildman–Crippen MR) is 91.8 cm³/mol. The number of rotatable bonds is 6. The van der Waals surface area contributed by atoms with E-state index in [1.807, 2.05) is 0 Å². The van der Waals surface area contributed by atoms with Crippen LogP contribution in [-0.4, -0.2) is 17.0 Å². The molecule has 26 heavy (non-hydrogen) atoms. The molecule has 1 saturated carbocycles. The molecule has 1 aliphatic carbocycles. The van der Waals surface area contributed by atoms with Crippen LogP contribution in [0.5, 0.6) is 0 Å². The second-order valence-electron chi connectivity index (χ2n) is 6.29. The zero-order valence-corrected chi connectivity index (χ0v) is 14.3. The summed E-state index contributed by atoms with van der Waals surface area (Å²) >= 11 is 5.83. The zero-order valence-electron chi connectivity index (χ0n) is 13.6. The molecule has 2 unspecified atom stereocenters.